The van der Waals surface area contributed by atoms with Crippen LogP contribution in [0.2, 0.25) is 5.02 Å². The summed E-state index contributed by atoms with van der Waals surface area (Å²) >= 11 is 6.10. The molecule has 0 heterocycles. The second kappa shape index (κ2) is 11.0. The van der Waals surface area contributed by atoms with Gasteiger partial charge in [0.15, 0.2) is 6.61 Å². The molecular formula is C24H31ClN2O3. The Balaban J connectivity index is 2.19. The number of nitrogens with one attached hydrogen (secondary N) is 1. The Kier molecular flexibility index (Phi) is 8.72. The van der Waals surface area contributed by atoms with E-state index in [1.54, 1.807) is 19.1 Å². The number of amides is 2. The Bertz CT molecular complexity index is 885. The average molecular weight is 431 g/mol. The minimum Gasteiger partial charge on any atom is -0.483 e. The van der Waals surface area contributed by atoms with Crippen molar-refractivity contribution in [1.82, 2.24) is 10.2 Å². The molecule has 0 radical (unpaired) electrons. The normalized spacial score (nSPS) is 12.7. The maximum Gasteiger partial charge on any atom is 0.261 e. The highest BCUT2D eigenvalue weighted by molar-refractivity contribution is 6.30. The number of halogens is 1. The second-order valence-corrected chi connectivity index (χ2v) is 8.07. The maximum absolute atomic E-state index is 13.1. The van der Waals surface area contributed by atoms with Crippen LogP contribution in [0.1, 0.15) is 43.9 Å². The van der Waals surface area contributed by atoms with Crippen LogP contribution in [0, 0.1) is 13.8 Å². The fourth-order valence-corrected chi connectivity index (χ4v) is 3.20. The summed E-state index contributed by atoms with van der Waals surface area (Å²) in [7, 11) is 0. The van der Waals surface area contributed by atoms with Crippen molar-refractivity contribution in [1.29, 1.82) is 0 Å². The van der Waals surface area contributed by atoms with E-state index in [2.05, 4.69) is 5.32 Å². The summed E-state index contributed by atoms with van der Waals surface area (Å²) in [6.07, 6.45) is 0.816. The van der Waals surface area contributed by atoms with E-state index >= 15 is 0 Å². The van der Waals surface area contributed by atoms with Crippen molar-refractivity contribution < 1.29 is 14.3 Å². The lowest BCUT2D eigenvalue weighted by molar-refractivity contribution is -0.142. The van der Waals surface area contributed by atoms with Gasteiger partial charge in [-0.25, -0.2) is 0 Å². The molecule has 2 aromatic carbocycles. The molecule has 6 heteroatoms. The van der Waals surface area contributed by atoms with Crippen LogP contribution < -0.4 is 10.1 Å². The van der Waals surface area contributed by atoms with Crippen LogP contribution in [-0.2, 0) is 16.1 Å². The lowest BCUT2D eigenvalue weighted by Gasteiger charge is -2.29. The molecule has 0 aromatic heterocycles. The predicted octanol–water partition coefficient (Wildman–Crippen LogP) is 4.67. The molecule has 0 aliphatic heterocycles. The molecule has 0 saturated heterocycles. The highest BCUT2D eigenvalue weighted by atomic mass is 35.5. The summed E-state index contributed by atoms with van der Waals surface area (Å²) in [5, 5.41) is 3.54. The molecule has 2 rings (SSSR count). The third-order valence-corrected chi connectivity index (χ3v) is 5.55. The van der Waals surface area contributed by atoms with Gasteiger partial charge in [0.25, 0.3) is 5.91 Å². The van der Waals surface area contributed by atoms with E-state index in [1.807, 2.05) is 58.0 Å². The van der Waals surface area contributed by atoms with Crippen molar-refractivity contribution in [2.45, 2.75) is 59.7 Å². The topological polar surface area (TPSA) is 58.6 Å². The van der Waals surface area contributed by atoms with Gasteiger partial charge in [0.2, 0.25) is 5.91 Å². The van der Waals surface area contributed by atoms with E-state index in [9.17, 15) is 9.59 Å². The summed E-state index contributed by atoms with van der Waals surface area (Å²) in [5.41, 5.74) is 2.94. The molecule has 0 fully saturated rings. The molecule has 2 aromatic rings. The van der Waals surface area contributed by atoms with Gasteiger partial charge in [-0.2, -0.15) is 0 Å². The first-order chi connectivity index (χ1) is 14.2. The van der Waals surface area contributed by atoms with Gasteiger partial charge in [0.05, 0.1) is 0 Å². The molecule has 1 N–H and O–H groups in total. The molecule has 0 spiro atoms. The molecule has 0 aliphatic rings. The van der Waals surface area contributed by atoms with Crippen LogP contribution in [-0.4, -0.2) is 35.4 Å². The smallest absolute Gasteiger partial charge is 0.261 e. The maximum atomic E-state index is 13.1. The van der Waals surface area contributed by atoms with Crippen molar-refractivity contribution in [2.24, 2.45) is 0 Å². The number of aryl methyl sites for hydroxylation is 1. The van der Waals surface area contributed by atoms with Gasteiger partial charge in [-0.3, -0.25) is 9.59 Å². The number of hydrogen-bond donors (Lipinski definition) is 1. The first-order valence-electron chi connectivity index (χ1n) is 10.3. The Morgan fingerprint density at radius 1 is 1.13 bits per heavy atom. The third-order valence-electron chi connectivity index (χ3n) is 5.32. The minimum atomic E-state index is -0.646. The van der Waals surface area contributed by atoms with Crippen LogP contribution in [0.4, 0.5) is 0 Å². The molecule has 0 bridgehead atoms. The molecule has 2 atom stereocenters. The van der Waals surface area contributed by atoms with Gasteiger partial charge in [-0.1, -0.05) is 42.8 Å². The zero-order chi connectivity index (χ0) is 22.3. The summed E-state index contributed by atoms with van der Waals surface area (Å²) in [6.45, 7) is 9.76. The van der Waals surface area contributed by atoms with Gasteiger partial charge >= 0.3 is 0 Å². The van der Waals surface area contributed by atoms with E-state index in [4.69, 9.17) is 16.3 Å². The van der Waals surface area contributed by atoms with Crippen LogP contribution in [0.5, 0.6) is 5.75 Å². The van der Waals surface area contributed by atoms with Crippen LogP contribution in [0.3, 0.4) is 0 Å². The van der Waals surface area contributed by atoms with Crippen molar-refractivity contribution in [3.05, 3.63) is 64.2 Å². The SMILES string of the molecule is CCC(C)NC(=O)C(C)N(Cc1cccc(Cl)c1)C(=O)COc1cccc(C)c1C. The van der Waals surface area contributed by atoms with E-state index in [1.165, 1.54) is 4.90 Å². The van der Waals surface area contributed by atoms with Crippen molar-refractivity contribution in [3.63, 3.8) is 0 Å². The quantitative estimate of drug-likeness (QED) is 0.629. The van der Waals surface area contributed by atoms with Crippen LogP contribution in [0.15, 0.2) is 42.5 Å². The Labute approximate surface area is 184 Å². The average Bonchev–Trinajstić information content (AvgIpc) is 2.72. The summed E-state index contributed by atoms with van der Waals surface area (Å²) in [5.74, 6) is 0.219. The zero-order valence-electron chi connectivity index (χ0n) is 18.4. The molecule has 2 unspecified atom stereocenters. The van der Waals surface area contributed by atoms with Gasteiger partial charge in [0, 0.05) is 17.6 Å². The fraction of sp³-hybridized carbons (Fsp3) is 0.417. The van der Waals surface area contributed by atoms with E-state index in [0.717, 1.165) is 23.1 Å². The van der Waals surface area contributed by atoms with E-state index < -0.39 is 6.04 Å². The lowest BCUT2D eigenvalue weighted by Crippen LogP contribution is -2.50. The zero-order valence-corrected chi connectivity index (χ0v) is 19.1. The Morgan fingerprint density at radius 2 is 1.83 bits per heavy atom. The number of rotatable bonds is 9. The van der Waals surface area contributed by atoms with Gasteiger partial charge in [0.1, 0.15) is 11.8 Å². The highest BCUT2D eigenvalue weighted by Crippen LogP contribution is 2.21. The number of hydrogen-bond acceptors (Lipinski definition) is 3. The minimum absolute atomic E-state index is 0.0364. The van der Waals surface area contributed by atoms with Gasteiger partial charge in [-0.05, 0) is 69.0 Å². The van der Waals surface area contributed by atoms with E-state index in [0.29, 0.717) is 10.8 Å². The fourth-order valence-electron chi connectivity index (χ4n) is 2.98. The lowest BCUT2D eigenvalue weighted by atomic mass is 10.1. The molecular weight excluding hydrogens is 400 g/mol. The van der Waals surface area contributed by atoms with Gasteiger partial charge in [-0.15, -0.1) is 0 Å². The molecule has 2 amide bonds. The number of benzene rings is 2. The first kappa shape index (κ1) is 23.7. The predicted molar refractivity (Wildman–Crippen MR) is 121 cm³/mol. The van der Waals surface area contributed by atoms with Crippen LogP contribution in [0.25, 0.3) is 0 Å². The first-order valence-corrected chi connectivity index (χ1v) is 10.6. The number of ether oxygens (including phenoxy) is 1. The number of carbonyl (C=O) groups excluding carboxylic acids is 2. The molecule has 0 aliphatic carbocycles. The second-order valence-electron chi connectivity index (χ2n) is 7.63. The van der Waals surface area contributed by atoms with Crippen molar-refractivity contribution >= 4 is 23.4 Å². The molecule has 5 nitrogen and oxygen atoms in total. The summed E-state index contributed by atoms with van der Waals surface area (Å²) in [4.78, 5) is 27.3. The summed E-state index contributed by atoms with van der Waals surface area (Å²) < 4.78 is 5.81. The monoisotopic (exact) mass is 430 g/mol. The van der Waals surface area contributed by atoms with Crippen LogP contribution >= 0.6 is 11.6 Å². The van der Waals surface area contributed by atoms with E-state index in [-0.39, 0.29) is 31.0 Å². The number of nitrogens with zero attached hydrogens (tertiary/aromatic N) is 1. The Hall–Kier alpha value is -2.53. The largest absolute Gasteiger partial charge is 0.483 e. The standard InChI is InChI=1S/C24H31ClN2O3/c1-6-17(3)26-24(29)19(5)27(14-20-10-8-11-21(25)13-20)23(28)15-30-22-12-7-9-16(2)18(22)4/h7-13,17,19H,6,14-15H2,1-5H3,(H,26,29). The highest BCUT2D eigenvalue weighted by Gasteiger charge is 2.27. The molecule has 162 valence electrons. The van der Waals surface area contributed by atoms with Crippen molar-refractivity contribution in [3.8, 4) is 5.75 Å². The molecule has 0 saturated carbocycles. The number of carbonyl (C=O) groups is 2. The molecule has 30 heavy (non-hydrogen) atoms. The summed E-state index contributed by atoms with van der Waals surface area (Å²) in [6, 6.07) is 12.4. The Morgan fingerprint density at radius 3 is 2.50 bits per heavy atom. The van der Waals surface area contributed by atoms with Crippen molar-refractivity contribution in [2.75, 3.05) is 6.61 Å². The third kappa shape index (κ3) is 6.49. The van der Waals surface area contributed by atoms with Gasteiger partial charge < -0.3 is 15.0 Å².